The third-order valence-corrected chi connectivity index (χ3v) is 5.60. The number of carbonyl (C=O) groups is 2. The molecule has 7 heteroatoms. The second-order valence-corrected chi connectivity index (χ2v) is 7.70. The van der Waals surface area contributed by atoms with Gasteiger partial charge in [-0.25, -0.2) is 4.79 Å². The standard InChI is InChI=1S/C20H26O7/c1-5-11(2)17(22)26-15-9-19(4)6-7-20(24,27-19)13(10-21)8-14-16(15)12(3)18(23)25-14/h6-8,11,14-16,21,24H,3,5,9-10H2,1-2,4H3/b13-8-/t11-,14+,15+,16-,19-,20+/m0/s1. The largest absolute Gasteiger partial charge is 0.461 e. The van der Waals surface area contributed by atoms with Crippen LogP contribution in [0.3, 0.4) is 0 Å². The van der Waals surface area contributed by atoms with E-state index in [9.17, 15) is 19.8 Å². The summed E-state index contributed by atoms with van der Waals surface area (Å²) < 4.78 is 17.0. The molecule has 0 saturated carbocycles. The molecule has 0 aromatic heterocycles. The number of hydrogen-bond acceptors (Lipinski definition) is 7. The predicted molar refractivity (Wildman–Crippen MR) is 95.2 cm³/mol. The van der Waals surface area contributed by atoms with Crippen molar-refractivity contribution in [3.63, 3.8) is 0 Å². The number of hydrogen-bond donors (Lipinski definition) is 2. The highest BCUT2D eigenvalue weighted by Gasteiger charge is 2.52. The fourth-order valence-corrected chi connectivity index (χ4v) is 3.73. The Morgan fingerprint density at radius 1 is 1.48 bits per heavy atom. The van der Waals surface area contributed by atoms with Crippen molar-refractivity contribution in [2.75, 3.05) is 6.61 Å². The highest BCUT2D eigenvalue weighted by Crippen LogP contribution is 2.44. The summed E-state index contributed by atoms with van der Waals surface area (Å²) in [4.78, 5) is 24.6. The number of aliphatic hydroxyl groups is 2. The lowest BCUT2D eigenvalue weighted by Crippen LogP contribution is -2.41. The zero-order valence-electron chi connectivity index (χ0n) is 15.8. The smallest absolute Gasteiger partial charge is 0.334 e. The van der Waals surface area contributed by atoms with E-state index < -0.39 is 42.1 Å². The molecule has 6 atom stereocenters. The lowest BCUT2D eigenvalue weighted by Gasteiger charge is -2.33. The average molecular weight is 378 g/mol. The van der Waals surface area contributed by atoms with Gasteiger partial charge in [0.05, 0.1) is 24.0 Å². The summed E-state index contributed by atoms with van der Waals surface area (Å²) in [6.45, 7) is 8.75. The Hall–Kier alpha value is -1.96. The summed E-state index contributed by atoms with van der Waals surface area (Å²) in [6, 6.07) is 0. The summed E-state index contributed by atoms with van der Waals surface area (Å²) >= 11 is 0. The Kier molecular flexibility index (Phi) is 5.05. The Bertz CT molecular complexity index is 724. The first-order chi connectivity index (χ1) is 12.6. The molecule has 7 nitrogen and oxygen atoms in total. The summed E-state index contributed by atoms with van der Waals surface area (Å²) in [6.07, 6.45) is 3.88. The SMILES string of the molecule is C=C1C(=O)O[C@@H]2/C=C(/CO)[C@@]3(O)C=C[C@@](C)(C[C@@H](OC(=O)[C@@H](C)CC)[C@@H]12)O3. The van der Waals surface area contributed by atoms with Gasteiger partial charge in [0.1, 0.15) is 12.2 Å². The van der Waals surface area contributed by atoms with Crippen molar-refractivity contribution in [3.05, 3.63) is 36.0 Å². The third kappa shape index (κ3) is 3.47. The molecule has 1 fully saturated rings. The average Bonchev–Trinajstić information content (AvgIpc) is 3.08. The van der Waals surface area contributed by atoms with Crippen LogP contribution in [0.1, 0.15) is 33.6 Å². The van der Waals surface area contributed by atoms with E-state index in [1.807, 2.05) is 6.92 Å². The predicted octanol–water partition coefficient (Wildman–Crippen LogP) is 1.40. The monoisotopic (exact) mass is 378 g/mol. The van der Waals surface area contributed by atoms with Gasteiger partial charge in [-0.1, -0.05) is 26.5 Å². The first-order valence-electron chi connectivity index (χ1n) is 9.17. The molecule has 2 bridgehead atoms. The maximum Gasteiger partial charge on any atom is 0.334 e. The van der Waals surface area contributed by atoms with Crippen molar-refractivity contribution in [2.45, 2.75) is 57.2 Å². The van der Waals surface area contributed by atoms with Crippen molar-refractivity contribution in [2.24, 2.45) is 11.8 Å². The zero-order valence-corrected chi connectivity index (χ0v) is 15.8. The molecule has 0 aromatic carbocycles. The lowest BCUT2D eigenvalue weighted by molar-refractivity contribution is -0.192. The number of ether oxygens (including phenoxy) is 3. The van der Waals surface area contributed by atoms with Gasteiger partial charge in [-0.3, -0.25) is 4.79 Å². The molecular formula is C20H26O7. The summed E-state index contributed by atoms with van der Waals surface area (Å²) in [5.74, 6) is -3.68. The van der Waals surface area contributed by atoms with E-state index in [0.717, 1.165) is 0 Å². The highest BCUT2D eigenvalue weighted by atomic mass is 16.6. The molecule has 0 spiro atoms. The van der Waals surface area contributed by atoms with Crippen molar-refractivity contribution < 1.29 is 34.0 Å². The molecule has 3 heterocycles. The van der Waals surface area contributed by atoms with Crippen LogP contribution in [0, 0.1) is 11.8 Å². The van der Waals surface area contributed by atoms with Crippen LogP contribution in [0.5, 0.6) is 0 Å². The van der Waals surface area contributed by atoms with Crippen molar-refractivity contribution in [1.82, 2.24) is 0 Å². The van der Waals surface area contributed by atoms with Crippen LogP contribution >= 0.6 is 0 Å². The molecule has 0 aliphatic carbocycles. The van der Waals surface area contributed by atoms with E-state index in [2.05, 4.69) is 6.58 Å². The van der Waals surface area contributed by atoms with E-state index in [4.69, 9.17) is 14.2 Å². The first kappa shape index (κ1) is 19.8. The zero-order chi connectivity index (χ0) is 20.0. The minimum absolute atomic E-state index is 0.161. The van der Waals surface area contributed by atoms with Gasteiger partial charge in [-0.15, -0.1) is 0 Å². The van der Waals surface area contributed by atoms with E-state index >= 15 is 0 Å². The number of rotatable bonds is 4. The summed E-state index contributed by atoms with van der Waals surface area (Å²) in [7, 11) is 0. The molecule has 0 radical (unpaired) electrons. The van der Waals surface area contributed by atoms with E-state index in [-0.39, 0.29) is 29.5 Å². The van der Waals surface area contributed by atoms with Crippen LogP contribution in [0.2, 0.25) is 0 Å². The van der Waals surface area contributed by atoms with Crippen LogP contribution < -0.4 is 0 Å². The van der Waals surface area contributed by atoms with Gasteiger partial charge < -0.3 is 24.4 Å². The molecular weight excluding hydrogens is 352 g/mol. The molecule has 3 aliphatic rings. The highest BCUT2D eigenvalue weighted by molar-refractivity contribution is 5.91. The van der Waals surface area contributed by atoms with Crippen LogP contribution in [-0.4, -0.2) is 52.4 Å². The fourth-order valence-electron chi connectivity index (χ4n) is 3.73. The topological polar surface area (TPSA) is 102 Å². The van der Waals surface area contributed by atoms with Crippen LogP contribution in [0.4, 0.5) is 0 Å². The second kappa shape index (κ2) is 6.89. The second-order valence-electron chi connectivity index (χ2n) is 7.70. The van der Waals surface area contributed by atoms with E-state index in [1.54, 1.807) is 19.9 Å². The third-order valence-electron chi connectivity index (χ3n) is 5.60. The maximum atomic E-state index is 12.5. The minimum Gasteiger partial charge on any atom is -0.461 e. The van der Waals surface area contributed by atoms with Crippen molar-refractivity contribution >= 4 is 11.9 Å². The first-order valence-corrected chi connectivity index (χ1v) is 9.17. The molecule has 27 heavy (non-hydrogen) atoms. The molecule has 0 unspecified atom stereocenters. The van der Waals surface area contributed by atoms with Crippen molar-refractivity contribution in [1.29, 1.82) is 0 Å². The maximum absolute atomic E-state index is 12.5. The normalized spacial score (nSPS) is 40.9. The lowest BCUT2D eigenvalue weighted by atomic mass is 9.83. The Morgan fingerprint density at radius 3 is 2.81 bits per heavy atom. The summed E-state index contributed by atoms with van der Waals surface area (Å²) in [5, 5.41) is 20.6. The van der Waals surface area contributed by atoms with Crippen LogP contribution in [-0.2, 0) is 23.8 Å². The molecule has 1 saturated heterocycles. The van der Waals surface area contributed by atoms with Gasteiger partial charge in [0.15, 0.2) is 0 Å². The Labute approximate surface area is 158 Å². The number of fused-ring (bicyclic) bond motifs is 3. The van der Waals surface area contributed by atoms with Crippen LogP contribution in [0.25, 0.3) is 0 Å². The van der Waals surface area contributed by atoms with Gasteiger partial charge >= 0.3 is 11.9 Å². The Morgan fingerprint density at radius 2 is 2.19 bits per heavy atom. The molecule has 3 rings (SSSR count). The summed E-state index contributed by atoms with van der Waals surface area (Å²) in [5.41, 5.74) is -0.591. The molecule has 3 aliphatic heterocycles. The fraction of sp³-hybridized carbons (Fsp3) is 0.600. The quantitative estimate of drug-likeness (QED) is 0.433. The van der Waals surface area contributed by atoms with Crippen LogP contribution in [0.15, 0.2) is 36.0 Å². The number of esters is 2. The molecule has 148 valence electrons. The van der Waals surface area contributed by atoms with E-state index in [1.165, 1.54) is 12.2 Å². The van der Waals surface area contributed by atoms with Gasteiger partial charge in [-0.2, -0.15) is 0 Å². The molecule has 0 amide bonds. The molecule has 0 aromatic rings. The number of aliphatic hydroxyl groups excluding tert-OH is 1. The number of carbonyl (C=O) groups excluding carboxylic acids is 2. The minimum atomic E-state index is -1.81. The Balaban J connectivity index is 2.04. The van der Waals surface area contributed by atoms with Gasteiger partial charge in [0.2, 0.25) is 5.79 Å². The van der Waals surface area contributed by atoms with Crippen molar-refractivity contribution in [3.8, 4) is 0 Å². The van der Waals surface area contributed by atoms with Gasteiger partial charge in [0, 0.05) is 17.6 Å². The van der Waals surface area contributed by atoms with E-state index in [0.29, 0.717) is 6.42 Å². The molecule has 2 N–H and O–H groups in total. The van der Waals surface area contributed by atoms with Gasteiger partial charge in [0.25, 0.3) is 0 Å². The van der Waals surface area contributed by atoms with Gasteiger partial charge in [-0.05, 0) is 25.5 Å².